The third kappa shape index (κ3) is 3.61. The van der Waals surface area contributed by atoms with Crippen LogP contribution < -0.4 is 9.64 Å². The molecule has 2 rings (SSSR count). The quantitative estimate of drug-likeness (QED) is 0.785. The van der Waals surface area contributed by atoms with E-state index >= 15 is 0 Å². The number of piperidine rings is 1. The van der Waals surface area contributed by atoms with E-state index < -0.39 is 0 Å². The van der Waals surface area contributed by atoms with Crippen molar-refractivity contribution in [3.05, 3.63) is 42.5 Å². The van der Waals surface area contributed by atoms with E-state index in [1.807, 2.05) is 6.07 Å². The van der Waals surface area contributed by atoms with Crippen LogP contribution in [0.2, 0.25) is 0 Å². The summed E-state index contributed by atoms with van der Waals surface area (Å²) in [7, 11) is 0. The fourth-order valence-electron chi connectivity index (χ4n) is 2.77. The number of hydrogen-bond donors (Lipinski definition) is 1. The highest BCUT2D eigenvalue weighted by Crippen LogP contribution is 2.17. The molecule has 1 aliphatic rings. The van der Waals surface area contributed by atoms with E-state index in [1.54, 1.807) is 11.0 Å². The summed E-state index contributed by atoms with van der Waals surface area (Å²) in [5.41, 5.74) is 1.32. The van der Waals surface area contributed by atoms with Crippen LogP contribution in [0.5, 0.6) is 5.75 Å². The van der Waals surface area contributed by atoms with Crippen molar-refractivity contribution in [3.8, 4) is 5.75 Å². The monoisotopic (exact) mass is 246 g/mol. The fraction of sp³-hybridized carbons (Fsp3) is 0.500. The molecule has 1 aromatic rings. The highest BCUT2D eigenvalue weighted by atomic mass is 16.5. The van der Waals surface area contributed by atoms with E-state index in [0.29, 0.717) is 6.61 Å². The van der Waals surface area contributed by atoms with Crippen molar-refractivity contribution in [2.24, 2.45) is 5.92 Å². The summed E-state index contributed by atoms with van der Waals surface area (Å²) >= 11 is 0. The van der Waals surface area contributed by atoms with Gasteiger partial charge in [0.25, 0.3) is 0 Å². The van der Waals surface area contributed by atoms with E-state index in [-0.39, 0.29) is 0 Å². The minimum absolute atomic E-state index is 0.586. The molecule has 1 saturated heterocycles. The first kappa shape index (κ1) is 13.2. The van der Waals surface area contributed by atoms with Gasteiger partial charge in [-0.25, -0.2) is 0 Å². The Kier molecular flexibility index (Phi) is 4.82. The van der Waals surface area contributed by atoms with Crippen molar-refractivity contribution >= 4 is 0 Å². The maximum atomic E-state index is 5.72. The van der Waals surface area contributed by atoms with Gasteiger partial charge in [-0.05, 0) is 25.0 Å². The number of ether oxygens (including phenoxy) is 1. The van der Waals surface area contributed by atoms with Crippen LogP contribution in [0.25, 0.3) is 0 Å². The van der Waals surface area contributed by atoms with E-state index in [1.165, 1.54) is 31.5 Å². The smallest absolute Gasteiger partial charge is 0.128 e. The Morgan fingerprint density at radius 1 is 1.44 bits per heavy atom. The molecule has 18 heavy (non-hydrogen) atoms. The topological polar surface area (TPSA) is 13.7 Å². The number of nitrogens with one attached hydrogen (secondary N) is 1. The molecule has 1 aromatic carbocycles. The summed E-state index contributed by atoms with van der Waals surface area (Å²) in [6.07, 6.45) is 4.54. The van der Waals surface area contributed by atoms with Gasteiger partial charge in [0.2, 0.25) is 0 Å². The summed E-state index contributed by atoms with van der Waals surface area (Å²) in [5.74, 6) is 1.87. The fourth-order valence-corrected chi connectivity index (χ4v) is 2.77. The van der Waals surface area contributed by atoms with Crippen molar-refractivity contribution in [2.45, 2.75) is 26.3 Å². The second-order valence-electron chi connectivity index (χ2n) is 5.34. The summed E-state index contributed by atoms with van der Waals surface area (Å²) in [6, 6.07) is 8.38. The van der Waals surface area contributed by atoms with Gasteiger partial charge in [0.05, 0.1) is 13.1 Å². The molecule has 0 aliphatic carbocycles. The molecule has 0 spiro atoms. The lowest BCUT2D eigenvalue weighted by Crippen LogP contribution is -3.12. The predicted molar refractivity (Wildman–Crippen MR) is 74.9 cm³/mol. The lowest BCUT2D eigenvalue weighted by atomic mass is 10.00. The Balaban J connectivity index is 2.01. The number of rotatable bonds is 5. The van der Waals surface area contributed by atoms with Crippen molar-refractivity contribution in [3.63, 3.8) is 0 Å². The molecule has 2 atom stereocenters. The molecular formula is C16H24NO+. The molecule has 1 N–H and O–H groups in total. The second kappa shape index (κ2) is 6.60. The Morgan fingerprint density at radius 3 is 3.06 bits per heavy atom. The molecule has 0 radical (unpaired) electrons. The van der Waals surface area contributed by atoms with Gasteiger partial charge in [0.1, 0.15) is 18.9 Å². The van der Waals surface area contributed by atoms with Gasteiger partial charge in [-0.3, -0.25) is 0 Å². The normalized spacial score (nSPS) is 23.6. The van der Waals surface area contributed by atoms with Crippen molar-refractivity contribution in [1.82, 2.24) is 0 Å². The van der Waals surface area contributed by atoms with Gasteiger partial charge < -0.3 is 9.64 Å². The first-order valence-corrected chi connectivity index (χ1v) is 6.94. The zero-order valence-electron chi connectivity index (χ0n) is 11.3. The lowest BCUT2D eigenvalue weighted by molar-refractivity contribution is -0.922. The van der Waals surface area contributed by atoms with Crippen molar-refractivity contribution < 1.29 is 9.64 Å². The molecule has 1 fully saturated rings. The minimum Gasteiger partial charge on any atom is -0.489 e. The van der Waals surface area contributed by atoms with Gasteiger partial charge >= 0.3 is 0 Å². The molecule has 98 valence electrons. The van der Waals surface area contributed by atoms with Crippen molar-refractivity contribution in [2.75, 3.05) is 19.7 Å². The Hall–Kier alpha value is -1.28. The molecule has 0 saturated carbocycles. The lowest BCUT2D eigenvalue weighted by Gasteiger charge is -2.28. The Bertz CT molecular complexity index is 388. The van der Waals surface area contributed by atoms with Crippen LogP contribution in [0.15, 0.2) is 36.9 Å². The standard InChI is InChI=1S/C16H23NO/c1-3-11-18-16-9-5-4-8-15(16)13-17-10-6-7-14(2)12-17/h3-5,8-9,14H,1,6-7,10-13H2,2H3/p+1/t14-/m1/s1. The number of likely N-dealkylation sites (tertiary alicyclic amines) is 1. The van der Waals surface area contributed by atoms with Gasteiger partial charge in [0.15, 0.2) is 0 Å². The summed E-state index contributed by atoms with van der Waals surface area (Å²) in [6.45, 7) is 10.3. The second-order valence-corrected chi connectivity index (χ2v) is 5.34. The largest absolute Gasteiger partial charge is 0.489 e. The van der Waals surface area contributed by atoms with Crippen LogP contribution in [0.1, 0.15) is 25.3 Å². The Labute approximate surface area is 110 Å². The van der Waals surface area contributed by atoms with Gasteiger partial charge in [-0.2, -0.15) is 0 Å². The zero-order chi connectivity index (χ0) is 12.8. The average molecular weight is 246 g/mol. The molecule has 2 nitrogen and oxygen atoms in total. The molecule has 1 aliphatic heterocycles. The van der Waals surface area contributed by atoms with Crippen LogP contribution >= 0.6 is 0 Å². The van der Waals surface area contributed by atoms with Gasteiger partial charge in [-0.1, -0.05) is 31.7 Å². The van der Waals surface area contributed by atoms with Crippen LogP contribution in [0.4, 0.5) is 0 Å². The zero-order valence-corrected chi connectivity index (χ0v) is 11.3. The van der Waals surface area contributed by atoms with Gasteiger partial charge in [0, 0.05) is 11.5 Å². The van der Waals surface area contributed by atoms with E-state index in [2.05, 4.69) is 31.7 Å². The Morgan fingerprint density at radius 2 is 2.28 bits per heavy atom. The molecule has 2 heteroatoms. The number of quaternary nitrogens is 1. The molecule has 1 heterocycles. The van der Waals surface area contributed by atoms with E-state index in [4.69, 9.17) is 4.74 Å². The summed E-state index contributed by atoms with van der Waals surface area (Å²) in [5, 5.41) is 0. The first-order chi connectivity index (χ1) is 8.79. The van der Waals surface area contributed by atoms with E-state index in [0.717, 1.165) is 18.2 Å². The molecule has 1 unspecified atom stereocenters. The van der Waals surface area contributed by atoms with Crippen LogP contribution in [-0.2, 0) is 6.54 Å². The first-order valence-electron chi connectivity index (χ1n) is 6.94. The maximum absolute atomic E-state index is 5.72. The predicted octanol–water partition coefficient (Wildman–Crippen LogP) is 2.07. The summed E-state index contributed by atoms with van der Waals surface area (Å²) < 4.78 is 5.72. The highest BCUT2D eigenvalue weighted by molar-refractivity contribution is 5.32. The average Bonchev–Trinajstić information content (AvgIpc) is 2.38. The SMILES string of the molecule is C=CCOc1ccccc1C[NH+]1CCC[C@@H](C)C1. The van der Waals surface area contributed by atoms with Crippen LogP contribution in [0.3, 0.4) is 0 Å². The third-order valence-electron chi connectivity index (χ3n) is 3.63. The molecule has 0 aromatic heterocycles. The minimum atomic E-state index is 0.586. The number of benzene rings is 1. The molecule has 0 amide bonds. The van der Waals surface area contributed by atoms with Gasteiger partial charge in [-0.15, -0.1) is 0 Å². The third-order valence-corrected chi connectivity index (χ3v) is 3.63. The van der Waals surface area contributed by atoms with Crippen LogP contribution in [0, 0.1) is 5.92 Å². The number of hydrogen-bond acceptors (Lipinski definition) is 1. The van der Waals surface area contributed by atoms with E-state index in [9.17, 15) is 0 Å². The molecular weight excluding hydrogens is 222 g/mol. The maximum Gasteiger partial charge on any atom is 0.128 e. The number of para-hydroxylation sites is 1. The molecule has 0 bridgehead atoms. The highest BCUT2D eigenvalue weighted by Gasteiger charge is 2.20. The summed E-state index contributed by atoms with van der Waals surface area (Å²) in [4.78, 5) is 1.68. The van der Waals surface area contributed by atoms with Crippen LogP contribution in [-0.4, -0.2) is 19.7 Å². The van der Waals surface area contributed by atoms with Crippen molar-refractivity contribution in [1.29, 1.82) is 0 Å².